The molecule has 0 aliphatic carbocycles. The minimum absolute atomic E-state index is 0.550. The minimum atomic E-state index is 0.550. The van der Waals surface area contributed by atoms with E-state index < -0.39 is 0 Å². The third-order valence-corrected chi connectivity index (χ3v) is 3.28. The van der Waals surface area contributed by atoms with Gasteiger partial charge in [-0.3, -0.25) is 0 Å². The summed E-state index contributed by atoms with van der Waals surface area (Å²) in [4.78, 5) is 6.70. The fourth-order valence-electron chi connectivity index (χ4n) is 1.84. The second-order valence-electron chi connectivity index (χ2n) is 4.82. The number of nitrogen functional groups attached to an aromatic ring is 1. The molecule has 0 amide bonds. The minimum Gasteiger partial charge on any atom is -0.396 e. The Morgan fingerprint density at radius 1 is 1.26 bits per heavy atom. The van der Waals surface area contributed by atoms with E-state index in [-0.39, 0.29) is 0 Å². The van der Waals surface area contributed by atoms with E-state index >= 15 is 0 Å². The summed E-state index contributed by atoms with van der Waals surface area (Å²) in [5, 5.41) is 4.92. The van der Waals surface area contributed by atoms with Crippen molar-refractivity contribution in [2.45, 2.75) is 6.54 Å². The maximum Gasteiger partial charge on any atom is 0.0950 e. The van der Waals surface area contributed by atoms with Crippen molar-refractivity contribution in [3.8, 4) is 0 Å². The normalized spacial score (nSPS) is 11.4. The number of nitrogens with zero attached hydrogens (tertiary/aromatic N) is 2. The van der Waals surface area contributed by atoms with E-state index in [1.54, 1.807) is 6.07 Å². The van der Waals surface area contributed by atoms with Crippen molar-refractivity contribution in [2.24, 2.45) is 0 Å². The number of anilines is 1. The third-order valence-electron chi connectivity index (χ3n) is 2.95. The highest BCUT2D eigenvalue weighted by Crippen LogP contribution is 2.26. The van der Waals surface area contributed by atoms with E-state index in [4.69, 9.17) is 17.3 Å². The number of aromatic nitrogens is 1. The van der Waals surface area contributed by atoms with E-state index in [0.717, 1.165) is 36.2 Å². The number of fused-ring (bicyclic) bond motifs is 1. The molecule has 0 spiro atoms. The molecule has 102 valence electrons. The number of rotatable bonds is 5. The van der Waals surface area contributed by atoms with Crippen molar-refractivity contribution in [2.75, 3.05) is 32.9 Å². The molecule has 5 heteroatoms. The molecule has 0 bridgehead atoms. The Morgan fingerprint density at radius 2 is 2.00 bits per heavy atom. The van der Waals surface area contributed by atoms with Gasteiger partial charge in [-0.25, -0.2) is 4.98 Å². The number of hydrogen-bond acceptors (Lipinski definition) is 4. The van der Waals surface area contributed by atoms with Crippen LogP contribution in [0.3, 0.4) is 0 Å². The quantitative estimate of drug-likeness (QED) is 0.650. The molecule has 1 aromatic carbocycles. The predicted molar refractivity (Wildman–Crippen MR) is 81.4 cm³/mol. The summed E-state index contributed by atoms with van der Waals surface area (Å²) in [6.07, 6.45) is 0. The molecule has 0 fully saturated rings. The van der Waals surface area contributed by atoms with Crippen LogP contribution in [0, 0.1) is 0 Å². The molecule has 4 nitrogen and oxygen atoms in total. The molecule has 0 unspecified atom stereocenters. The Balaban J connectivity index is 2.10. The molecular formula is C14H19ClN4. The summed E-state index contributed by atoms with van der Waals surface area (Å²) >= 11 is 6.02. The van der Waals surface area contributed by atoms with Crippen LogP contribution in [0.1, 0.15) is 5.69 Å². The number of pyridine rings is 1. The Kier molecular flexibility index (Phi) is 4.58. The lowest BCUT2D eigenvalue weighted by Gasteiger charge is -2.10. The number of benzene rings is 1. The molecule has 3 N–H and O–H groups in total. The summed E-state index contributed by atoms with van der Waals surface area (Å²) in [6.45, 7) is 2.66. The smallest absolute Gasteiger partial charge is 0.0950 e. The van der Waals surface area contributed by atoms with Gasteiger partial charge in [0.1, 0.15) is 0 Å². The Bertz CT molecular complexity index is 569. The third kappa shape index (κ3) is 3.56. The highest BCUT2D eigenvalue weighted by molar-refractivity contribution is 6.34. The van der Waals surface area contributed by atoms with Crippen molar-refractivity contribution in [3.63, 3.8) is 0 Å². The summed E-state index contributed by atoms with van der Waals surface area (Å²) in [7, 11) is 4.11. The van der Waals surface area contributed by atoms with Gasteiger partial charge in [-0.05, 0) is 26.2 Å². The lowest BCUT2D eigenvalue weighted by atomic mass is 10.1. The molecule has 0 saturated heterocycles. The fourth-order valence-corrected chi connectivity index (χ4v) is 2.00. The van der Waals surface area contributed by atoms with E-state index in [1.165, 1.54) is 0 Å². The van der Waals surface area contributed by atoms with Crippen LogP contribution >= 0.6 is 11.6 Å². The van der Waals surface area contributed by atoms with E-state index in [9.17, 15) is 0 Å². The van der Waals surface area contributed by atoms with Crippen molar-refractivity contribution in [3.05, 3.63) is 35.0 Å². The van der Waals surface area contributed by atoms with Gasteiger partial charge in [0, 0.05) is 25.0 Å². The van der Waals surface area contributed by atoms with E-state index in [0.29, 0.717) is 10.7 Å². The van der Waals surface area contributed by atoms with Crippen LogP contribution in [0.25, 0.3) is 10.9 Å². The molecule has 0 atom stereocenters. The molecule has 1 heterocycles. The standard InChI is InChI=1S/C14H19ClN4/c1-19(2)8-7-17-9-11-5-3-10-4-6-12(15)13(16)14(10)18-11/h3-6,17H,7-9,16H2,1-2H3. The van der Waals surface area contributed by atoms with Gasteiger partial charge in [-0.2, -0.15) is 0 Å². The van der Waals surface area contributed by atoms with Crippen LogP contribution in [0.4, 0.5) is 5.69 Å². The molecule has 0 aliphatic rings. The summed E-state index contributed by atoms with van der Waals surface area (Å²) < 4.78 is 0. The van der Waals surface area contributed by atoms with E-state index in [2.05, 4.69) is 29.3 Å². The SMILES string of the molecule is CN(C)CCNCc1ccc2ccc(Cl)c(N)c2n1. The fraction of sp³-hybridized carbons (Fsp3) is 0.357. The van der Waals surface area contributed by atoms with Crippen molar-refractivity contribution in [1.29, 1.82) is 0 Å². The molecule has 2 aromatic rings. The Labute approximate surface area is 118 Å². The van der Waals surface area contributed by atoms with Gasteiger partial charge in [-0.15, -0.1) is 0 Å². The van der Waals surface area contributed by atoms with Crippen LogP contribution in [0.15, 0.2) is 24.3 Å². The average Bonchev–Trinajstić information content (AvgIpc) is 2.39. The number of nitrogens with one attached hydrogen (secondary N) is 1. The molecule has 19 heavy (non-hydrogen) atoms. The average molecular weight is 279 g/mol. The summed E-state index contributed by atoms with van der Waals surface area (Å²) in [5.41, 5.74) is 8.26. The number of likely N-dealkylation sites (N-methyl/N-ethyl adjacent to an activating group) is 1. The van der Waals surface area contributed by atoms with Gasteiger partial charge in [0.2, 0.25) is 0 Å². The van der Waals surface area contributed by atoms with Crippen LogP contribution in [-0.4, -0.2) is 37.1 Å². The van der Waals surface area contributed by atoms with Crippen molar-refractivity contribution < 1.29 is 0 Å². The topological polar surface area (TPSA) is 54.2 Å². The molecule has 0 saturated carbocycles. The second kappa shape index (κ2) is 6.19. The zero-order chi connectivity index (χ0) is 13.8. The van der Waals surface area contributed by atoms with Crippen LogP contribution in [0.5, 0.6) is 0 Å². The first-order chi connectivity index (χ1) is 9.08. The molecule has 1 aromatic heterocycles. The molecule has 0 aliphatic heterocycles. The summed E-state index contributed by atoms with van der Waals surface area (Å²) in [5.74, 6) is 0. The first kappa shape index (κ1) is 14.1. The van der Waals surface area contributed by atoms with Gasteiger partial charge < -0.3 is 16.0 Å². The second-order valence-corrected chi connectivity index (χ2v) is 5.22. The van der Waals surface area contributed by atoms with Gasteiger partial charge in [0.25, 0.3) is 0 Å². The Morgan fingerprint density at radius 3 is 2.74 bits per heavy atom. The Hall–Kier alpha value is -1.36. The largest absolute Gasteiger partial charge is 0.396 e. The first-order valence-corrected chi connectivity index (χ1v) is 6.65. The number of halogens is 1. The van der Waals surface area contributed by atoms with Gasteiger partial charge >= 0.3 is 0 Å². The predicted octanol–water partition coefficient (Wildman–Crippen LogP) is 2.12. The number of hydrogen-bond donors (Lipinski definition) is 2. The first-order valence-electron chi connectivity index (χ1n) is 6.27. The molecule has 2 rings (SSSR count). The zero-order valence-electron chi connectivity index (χ0n) is 11.3. The maximum absolute atomic E-state index is 6.02. The lowest BCUT2D eigenvalue weighted by molar-refractivity contribution is 0.399. The van der Waals surface area contributed by atoms with Crippen molar-refractivity contribution in [1.82, 2.24) is 15.2 Å². The maximum atomic E-state index is 6.02. The number of nitrogens with two attached hydrogens (primary N) is 1. The highest BCUT2D eigenvalue weighted by atomic mass is 35.5. The van der Waals surface area contributed by atoms with Crippen LogP contribution in [0.2, 0.25) is 5.02 Å². The van der Waals surface area contributed by atoms with Crippen molar-refractivity contribution >= 4 is 28.2 Å². The highest BCUT2D eigenvalue weighted by Gasteiger charge is 2.05. The van der Waals surface area contributed by atoms with E-state index in [1.807, 2.05) is 18.2 Å². The molecule has 0 radical (unpaired) electrons. The van der Waals surface area contributed by atoms with Crippen LogP contribution < -0.4 is 11.1 Å². The summed E-state index contributed by atoms with van der Waals surface area (Å²) in [6, 6.07) is 7.77. The van der Waals surface area contributed by atoms with Crippen LogP contribution in [-0.2, 0) is 6.54 Å². The molecular weight excluding hydrogens is 260 g/mol. The zero-order valence-corrected chi connectivity index (χ0v) is 12.0. The van der Waals surface area contributed by atoms with Gasteiger partial charge in [0.15, 0.2) is 0 Å². The van der Waals surface area contributed by atoms with Gasteiger partial charge in [0.05, 0.1) is 21.9 Å². The monoisotopic (exact) mass is 278 g/mol. The van der Waals surface area contributed by atoms with Gasteiger partial charge in [-0.1, -0.05) is 23.7 Å². The lowest BCUT2D eigenvalue weighted by Crippen LogP contribution is -2.26.